The van der Waals surface area contributed by atoms with Gasteiger partial charge in [-0.3, -0.25) is 9.59 Å². The van der Waals surface area contributed by atoms with E-state index < -0.39 is 0 Å². The summed E-state index contributed by atoms with van der Waals surface area (Å²) in [7, 11) is 1.47. The zero-order valence-electron chi connectivity index (χ0n) is 10.5. The van der Waals surface area contributed by atoms with E-state index in [9.17, 15) is 9.59 Å². The third-order valence-electron chi connectivity index (χ3n) is 2.80. The molecule has 0 fully saturated rings. The number of rotatable bonds is 4. The Labute approximate surface area is 98.7 Å². The van der Waals surface area contributed by atoms with Gasteiger partial charge in [0.1, 0.15) is 5.69 Å². The van der Waals surface area contributed by atoms with Gasteiger partial charge in [-0.15, -0.1) is 0 Å². The molecule has 1 atom stereocenters. The largest absolute Gasteiger partial charge is 0.368 e. The second-order valence-electron chi connectivity index (χ2n) is 4.52. The lowest BCUT2D eigenvalue weighted by molar-refractivity contribution is 0.737. The van der Waals surface area contributed by atoms with Crippen molar-refractivity contribution in [2.24, 2.45) is 0 Å². The lowest BCUT2D eigenvalue weighted by Gasteiger charge is -2.28. The van der Waals surface area contributed by atoms with Crippen LogP contribution < -0.4 is 15.8 Å². The standard InChI is InChI=1S/C12H19NO2S/c1-7(2)13(5)9-10(14)11(15)12(9)16(6)8(3)4/h7-8H,6H2,1-5H3. The fourth-order valence-electron chi connectivity index (χ4n) is 1.42. The first-order chi connectivity index (χ1) is 7.29. The van der Waals surface area contributed by atoms with Crippen molar-refractivity contribution in [3.63, 3.8) is 0 Å². The van der Waals surface area contributed by atoms with Crippen molar-refractivity contribution in [3.05, 3.63) is 20.4 Å². The first kappa shape index (κ1) is 13.2. The van der Waals surface area contributed by atoms with Crippen molar-refractivity contribution in [2.45, 2.75) is 43.9 Å². The van der Waals surface area contributed by atoms with Gasteiger partial charge in [-0.1, -0.05) is 19.7 Å². The normalized spacial score (nSPS) is 13.7. The molecule has 90 valence electrons. The van der Waals surface area contributed by atoms with Crippen molar-refractivity contribution < 1.29 is 0 Å². The third-order valence-corrected chi connectivity index (χ3v) is 4.84. The monoisotopic (exact) mass is 241 g/mol. The van der Waals surface area contributed by atoms with Crippen molar-refractivity contribution in [3.8, 4) is 0 Å². The van der Waals surface area contributed by atoms with Crippen molar-refractivity contribution >= 4 is 22.0 Å². The van der Waals surface area contributed by atoms with Gasteiger partial charge in [-0.2, -0.15) is 10.5 Å². The van der Waals surface area contributed by atoms with E-state index in [1.807, 2.05) is 39.6 Å². The fourth-order valence-corrected chi connectivity index (χ4v) is 2.70. The van der Waals surface area contributed by atoms with Crippen molar-refractivity contribution in [2.75, 3.05) is 11.9 Å². The van der Waals surface area contributed by atoms with E-state index in [-0.39, 0.29) is 27.4 Å². The van der Waals surface area contributed by atoms with Crippen molar-refractivity contribution in [1.29, 1.82) is 0 Å². The highest BCUT2D eigenvalue weighted by Gasteiger charge is 2.27. The predicted molar refractivity (Wildman–Crippen MR) is 73.0 cm³/mol. The molecule has 0 spiro atoms. The summed E-state index contributed by atoms with van der Waals surface area (Å²) in [5.74, 6) is 4.01. The first-order valence-corrected chi connectivity index (χ1v) is 6.83. The second-order valence-corrected chi connectivity index (χ2v) is 6.73. The summed E-state index contributed by atoms with van der Waals surface area (Å²) < 4.78 is 0. The van der Waals surface area contributed by atoms with Crippen LogP contribution in [-0.2, 0) is 0 Å². The van der Waals surface area contributed by atoms with Crippen LogP contribution in [-0.4, -0.2) is 24.2 Å². The SMILES string of the molecule is C=S(c1c(N(C)C(C)C)c(=O)c1=O)C(C)C. The molecule has 0 aliphatic heterocycles. The summed E-state index contributed by atoms with van der Waals surface area (Å²) in [4.78, 5) is 25.7. The van der Waals surface area contributed by atoms with E-state index in [2.05, 4.69) is 5.87 Å². The quantitative estimate of drug-likeness (QED) is 0.593. The molecule has 0 saturated heterocycles. The minimum atomic E-state index is -0.380. The van der Waals surface area contributed by atoms with E-state index in [0.29, 0.717) is 15.8 Å². The molecule has 0 aliphatic carbocycles. The van der Waals surface area contributed by atoms with Crippen LogP contribution in [0.3, 0.4) is 0 Å². The molecule has 1 aromatic rings. The Balaban J connectivity index is 3.24. The first-order valence-electron chi connectivity index (χ1n) is 5.38. The topological polar surface area (TPSA) is 37.4 Å². The Hall–Kier alpha value is -0.900. The molecular weight excluding hydrogens is 222 g/mol. The maximum atomic E-state index is 11.6. The highest BCUT2D eigenvalue weighted by Crippen LogP contribution is 2.34. The van der Waals surface area contributed by atoms with Crippen LogP contribution in [0.2, 0.25) is 0 Å². The van der Waals surface area contributed by atoms with Gasteiger partial charge in [-0.25, -0.2) is 0 Å². The summed E-state index contributed by atoms with van der Waals surface area (Å²) in [6, 6.07) is 0.214. The fraction of sp³-hybridized carbons (Fsp3) is 0.583. The summed E-state index contributed by atoms with van der Waals surface area (Å²) in [6.45, 7) is 8.03. The highest BCUT2D eigenvalue weighted by molar-refractivity contribution is 8.14. The number of hydrogen-bond donors (Lipinski definition) is 0. The lowest BCUT2D eigenvalue weighted by Crippen LogP contribution is -2.43. The van der Waals surface area contributed by atoms with Gasteiger partial charge in [0.15, 0.2) is 0 Å². The van der Waals surface area contributed by atoms with Crippen LogP contribution in [0.25, 0.3) is 0 Å². The van der Waals surface area contributed by atoms with Gasteiger partial charge in [0.25, 0.3) is 5.43 Å². The molecule has 0 amide bonds. The van der Waals surface area contributed by atoms with Crippen LogP contribution in [0, 0.1) is 0 Å². The molecule has 16 heavy (non-hydrogen) atoms. The van der Waals surface area contributed by atoms with Gasteiger partial charge in [0, 0.05) is 13.1 Å². The Kier molecular flexibility index (Phi) is 3.73. The molecule has 0 saturated carbocycles. The van der Waals surface area contributed by atoms with Crippen LogP contribution in [0.1, 0.15) is 27.7 Å². The summed E-state index contributed by atoms with van der Waals surface area (Å²) in [5.41, 5.74) is -0.116. The van der Waals surface area contributed by atoms with E-state index in [4.69, 9.17) is 0 Å². The zero-order valence-corrected chi connectivity index (χ0v) is 11.4. The number of hydrogen-bond acceptors (Lipinski definition) is 3. The van der Waals surface area contributed by atoms with Crippen LogP contribution >= 0.6 is 10.5 Å². The predicted octanol–water partition coefficient (Wildman–Crippen LogP) is 1.60. The van der Waals surface area contributed by atoms with Gasteiger partial charge in [0.2, 0.25) is 5.43 Å². The summed E-state index contributed by atoms with van der Waals surface area (Å²) in [6.07, 6.45) is 0. The molecule has 3 nitrogen and oxygen atoms in total. The van der Waals surface area contributed by atoms with Gasteiger partial charge in [0.05, 0.1) is 4.90 Å². The Morgan fingerprint density at radius 3 is 2.00 bits per heavy atom. The molecule has 0 radical (unpaired) electrons. The van der Waals surface area contributed by atoms with Crippen LogP contribution in [0.4, 0.5) is 5.69 Å². The lowest BCUT2D eigenvalue weighted by atomic mass is 10.2. The Morgan fingerprint density at radius 1 is 1.12 bits per heavy atom. The Morgan fingerprint density at radius 2 is 1.62 bits per heavy atom. The van der Waals surface area contributed by atoms with Crippen LogP contribution in [0.15, 0.2) is 14.5 Å². The zero-order chi connectivity index (χ0) is 12.6. The maximum Gasteiger partial charge on any atom is 0.251 e. The number of anilines is 1. The van der Waals surface area contributed by atoms with Gasteiger partial charge in [-0.05, 0) is 19.1 Å². The highest BCUT2D eigenvalue weighted by atomic mass is 32.2. The summed E-state index contributed by atoms with van der Waals surface area (Å²) in [5, 5.41) is 0.294. The van der Waals surface area contributed by atoms with Crippen molar-refractivity contribution in [1.82, 2.24) is 0 Å². The summed E-state index contributed by atoms with van der Waals surface area (Å²) >= 11 is 0. The van der Waals surface area contributed by atoms with E-state index >= 15 is 0 Å². The van der Waals surface area contributed by atoms with E-state index in [1.54, 1.807) is 0 Å². The molecule has 0 aliphatic rings. The molecule has 0 heterocycles. The third kappa shape index (κ3) is 1.98. The smallest absolute Gasteiger partial charge is 0.251 e. The average Bonchev–Trinajstić information content (AvgIpc) is 2.22. The molecule has 1 unspecified atom stereocenters. The Bertz CT molecular complexity index is 481. The molecule has 0 aromatic heterocycles. The van der Waals surface area contributed by atoms with Crippen LogP contribution in [0.5, 0.6) is 0 Å². The van der Waals surface area contributed by atoms with E-state index in [1.165, 1.54) is 0 Å². The second kappa shape index (κ2) is 4.53. The molecule has 1 aromatic carbocycles. The molecular formula is C12H19NO2S. The molecule has 1 rings (SSSR count). The average molecular weight is 241 g/mol. The minimum Gasteiger partial charge on any atom is -0.368 e. The molecule has 0 bridgehead atoms. The van der Waals surface area contributed by atoms with Gasteiger partial charge < -0.3 is 4.90 Å². The molecule has 0 N–H and O–H groups in total. The minimum absolute atomic E-state index is 0.214. The van der Waals surface area contributed by atoms with Gasteiger partial charge >= 0.3 is 0 Å². The maximum absolute atomic E-state index is 11.6. The number of nitrogens with zero attached hydrogens (tertiary/aromatic N) is 1. The van der Waals surface area contributed by atoms with E-state index in [0.717, 1.165) is 0 Å². The molecule has 4 heteroatoms.